The van der Waals surface area contributed by atoms with E-state index < -0.39 is 24.0 Å². The number of rotatable bonds is 7. The van der Waals surface area contributed by atoms with Crippen LogP contribution in [0.2, 0.25) is 0 Å². The van der Waals surface area contributed by atoms with Gasteiger partial charge >= 0.3 is 6.18 Å². The molecule has 1 atom stereocenters. The standard InChI is InChI=1S/C19H31F3N6O2/c1-4-24-17(28-10-5-14(6-11-28)13-15(29)23-2)26-8-7-18(30,19(20,21)22)16-25-9-12-27(16)3/h9,12,14,30H,4-8,10-11,13H2,1-3H3,(H,23,29)(H,24,26). The zero-order valence-corrected chi connectivity index (χ0v) is 17.7. The van der Waals surface area contributed by atoms with Crippen molar-refractivity contribution >= 4 is 11.9 Å². The fourth-order valence-corrected chi connectivity index (χ4v) is 3.61. The molecule has 0 radical (unpaired) electrons. The Kier molecular flexibility index (Phi) is 8.10. The summed E-state index contributed by atoms with van der Waals surface area (Å²) in [6.07, 6.45) is -0.846. The van der Waals surface area contributed by atoms with Crippen LogP contribution in [0.25, 0.3) is 0 Å². The van der Waals surface area contributed by atoms with Crippen molar-refractivity contribution in [3.63, 3.8) is 0 Å². The molecule has 1 fully saturated rings. The molecule has 2 rings (SSSR count). The van der Waals surface area contributed by atoms with E-state index in [0.29, 0.717) is 32.0 Å². The fraction of sp³-hybridized carbons (Fsp3) is 0.737. The molecular formula is C19H31F3N6O2. The first-order chi connectivity index (χ1) is 14.1. The van der Waals surface area contributed by atoms with E-state index in [-0.39, 0.29) is 18.4 Å². The van der Waals surface area contributed by atoms with Gasteiger partial charge in [-0.1, -0.05) is 0 Å². The van der Waals surface area contributed by atoms with E-state index in [0.717, 1.165) is 12.8 Å². The molecule has 1 saturated heterocycles. The molecule has 2 heterocycles. The lowest BCUT2D eigenvalue weighted by atomic mass is 9.93. The second-order valence-corrected chi connectivity index (χ2v) is 7.51. The topological polar surface area (TPSA) is 94.8 Å². The van der Waals surface area contributed by atoms with Gasteiger partial charge in [0.1, 0.15) is 5.82 Å². The Hall–Kier alpha value is -2.30. The minimum absolute atomic E-state index is 0.00902. The quantitative estimate of drug-likeness (QED) is 0.447. The van der Waals surface area contributed by atoms with Crippen molar-refractivity contribution in [3.8, 4) is 0 Å². The molecule has 0 bridgehead atoms. The smallest absolute Gasteiger partial charge is 0.374 e. The molecule has 1 amide bonds. The largest absolute Gasteiger partial charge is 0.424 e. The third-order valence-corrected chi connectivity index (χ3v) is 5.40. The monoisotopic (exact) mass is 432 g/mol. The van der Waals surface area contributed by atoms with Gasteiger partial charge in [-0.2, -0.15) is 13.2 Å². The van der Waals surface area contributed by atoms with Crippen molar-refractivity contribution in [2.75, 3.05) is 33.2 Å². The summed E-state index contributed by atoms with van der Waals surface area (Å²) in [6.45, 7) is 3.56. The normalized spacial score (nSPS) is 18.2. The third-order valence-electron chi connectivity index (χ3n) is 5.40. The number of alkyl halides is 3. The number of imidazole rings is 1. The van der Waals surface area contributed by atoms with Crippen molar-refractivity contribution < 1.29 is 23.1 Å². The zero-order valence-electron chi connectivity index (χ0n) is 17.7. The Bertz CT molecular complexity index is 728. The molecule has 1 aromatic rings. The molecule has 0 aliphatic carbocycles. The summed E-state index contributed by atoms with van der Waals surface area (Å²) in [5.74, 6) is 0.350. The Balaban J connectivity index is 2.05. The van der Waals surface area contributed by atoms with Crippen molar-refractivity contribution in [2.45, 2.75) is 44.4 Å². The predicted octanol–water partition coefficient (Wildman–Crippen LogP) is 1.37. The second kappa shape index (κ2) is 10.1. The van der Waals surface area contributed by atoms with E-state index in [4.69, 9.17) is 0 Å². The SMILES string of the molecule is CCNC(=NCCC(O)(c1nccn1C)C(F)(F)F)N1CCC(CC(=O)NC)CC1. The maximum absolute atomic E-state index is 13.6. The molecule has 170 valence electrons. The van der Waals surface area contributed by atoms with Gasteiger partial charge in [-0.15, -0.1) is 0 Å². The number of piperidine rings is 1. The number of aliphatic imine (C=N–C) groups is 1. The minimum Gasteiger partial charge on any atom is -0.374 e. The number of aliphatic hydroxyl groups is 1. The van der Waals surface area contributed by atoms with Gasteiger partial charge in [-0.3, -0.25) is 9.79 Å². The van der Waals surface area contributed by atoms with Gasteiger partial charge < -0.3 is 25.2 Å². The number of halogens is 3. The summed E-state index contributed by atoms with van der Waals surface area (Å²) in [5.41, 5.74) is -3.08. The average molecular weight is 432 g/mol. The first-order valence-electron chi connectivity index (χ1n) is 10.1. The molecule has 0 aromatic carbocycles. The third kappa shape index (κ3) is 5.65. The summed E-state index contributed by atoms with van der Waals surface area (Å²) < 4.78 is 42.1. The van der Waals surface area contributed by atoms with E-state index in [9.17, 15) is 23.1 Å². The highest BCUT2D eigenvalue weighted by atomic mass is 19.4. The van der Waals surface area contributed by atoms with Crippen LogP contribution in [0.1, 0.15) is 38.4 Å². The number of aromatic nitrogens is 2. The zero-order chi connectivity index (χ0) is 22.4. The van der Waals surface area contributed by atoms with Gasteiger partial charge in [0.2, 0.25) is 11.5 Å². The van der Waals surface area contributed by atoms with Crippen LogP contribution >= 0.6 is 0 Å². The summed E-state index contributed by atoms with van der Waals surface area (Å²) in [6, 6.07) is 0. The Labute approximate surface area is 174 Å². The lowest BCUT2D eigenvalue weighted by molar-refractivity contribution is -0.272. The predicted molar refractivity (Wildman–Crippen MR) is 107 cm³/mol. The number of hydrogen-bond acceptors (Lipinski definition) is 4. The van der Waals surface area contributed by atoms with Crippen LogP contribution in [0.15, 0.2) is 17.4 Å². The van der Waals surface area contributed by atoms with Crippen LogP contribution < -0.4 is 10.6 Å². The van der Waals surface area contributed by atoms with Gasteiger partial charge in [0.25, 0.3) is 0 Å². The second-order valence-electron chi connectivity index (χ2n) is 7.51. The molecule has 3 N–H and O–H groups in total. The van der Waals surface area contributed by atoms with Gasteiger partial charge in [-0.05, 0) is 25.7 Å². The van der Waals surface area contributed by atoms with E-state index in [1.165, 1.54) is 24.0 Å². The lowest BCUT2D eigenvalue weighted by Gasteiger charge is -2.34. The molecule has 11 heteroatoms. The Morgan fingerprint density at radius 1 is 1.37 bits per heavy atom. The molecule has 8 nitrogen and oxygen atoms in total. The lowest BCUT2D eigenvalue weighted by Crippen LogP contribution is -2.47. The van der Waals surface area contributed by atoms with Crippen LogP contribution in [0.5, 0.6) is 0 Å². The van der Waals surface area contributed by atoms with Gasteiger partial charge in [0, 0.05) is 65.5 Å². The van der Waals surface area contributed by atoms with E-state index >= 15 is 0 Å². The highest BCUT2D eigenvalue weighted by Gasteiger charge is 2.57. The summed E-state index contributed by atoms with van der Waals surface area (Å²) in [7, 11) is 3.02. The number of likely N-dealkylation sites (tertiary alicyclic amines) is 1. The van der Waals surface area contributed by atoms with Crippen LogP contribution in [0, 0.1) is 5.92 Å². The maximum atomic E-state index is 13.6. The molecule has 1 unspecified atom stereocenters. The van der Waals surface area contributed by atoms with Crippen molar-refractivity contribution in [1.29, 1.82) is 0 Å². The Morgan fingerprint density at radius 2 is 2.03 bits per heavy atom. The molecular weight excluding hydrogens is 401 g/mol. The summed E-state index contributed by atoms with van der Waals surface area (Å²) >= 11 is 0. The van der Waals surface area contributed by atoms with Crippen molar-refractivity contribution in [2.24, 2.45) is 18.0 Å². The van der Waals surface area contributed by atoms with Gasteiger partial charge in [-0.25, -0.2) is 4.98 Å². The number of carbonyl (C=O) groups is 1. The first kappa shape index (κ1) is 24.0. The summed E-state index contributed by atoms with van der Waals surface area (Å²) in [5, 5.41) is 16.2. The number of guanidine groups is 1. The van der Waals surface area contributed by atoms with Crippen LogP contribution in [0.3, 0.4) is 0 Å². The average Bonchev–Trinajstić information content (AvgIpc) is 3.13. The van der Waals surface area contributed by atoms with E-state index in [1.807, 2.05) is 11.8 Å². The minimum atomic E-state index is -4.88. The van der Waals surface area contributed by atoms with Crippen LogP contribution in [-0.2, 0) is 17.4 Å². The molecule has 0 spiro atoms. The van der Waals surface area contributed by atoms with Gasteiger partial charge in [0.15, 0.2) is 5.96 Å². The molecule has 0 saturated carbocycles. The highest BCUT2D eigenvalue weighted by molar-refractivity contribution is 5.80. The van der Waals surface area contributed by atoms with Crippen molar-refractivity contribution in [1.82, 2.24) is 25.1 Å². The van der Waals surface area contributed by atoms with Crippen LogP contribution in [-0.4, -0.2) is 70.8 Å². The maximum Gasteiger partial charge on any atom is 0.424 e. The number of nitrogens with one attached hydrogen (secondary N) is 2. The molecule has 30 heavy (non-hydrogen) atoms. The van der Waals surface area contributed by atoms with E-state index in [1.54, 1.807) is 7.05 Å². The highest BCUT2D eigenvalue weighted by Crippen LogP contribution is 2.40. The number of amides is 1. The van der Waals surface area contributed by atoms with Crippen LogP contribution in [0.4, 0.5) is 13.2 Å². The number of carbonyl (C=O) groups excluding carboxylic acids is 1. The van der Waals surface area contributed by atoms with Crippen molar-refractivity contribution in [3.05, 3.63) is 18.2 Å². The number of nitrogens with zero attached hydrogens (tertiary/aromatic N) is 4. The fourth-order valence-electron chi connectivity index (χ4n) is 3.61. The number of aryl methyl sites for hydroxylation is 1. The summed E-state index contributed by atoms with van der Waals surface area (Å²) in [4.78, 5) is 21.6. The Morgan fingerprint density at radius 3 is 2.53 bits per heavy atom. The van der Waals surface area contributed by atoms with Gasteiger partial charge in [0.05, 0.1) is 0 Å². The first-order valence-corrected chi connectivity index (χ1v) is 10.1. The molecule has 1 aliphatic rings. The molecule has 1 aliphatic heterocycles. The molecule has 1 aromatic heterocycles. The van der Waals surface area contributed by atoms with E-state index in [2.05, 4.69) is 20.6 Å². The number of hydrogen-bond donors (Lipinski definition) is 3.